The molecule has 162 valence electrons. The normalized spacial score (nSPS) is 22.2. The number of aliphatic carboxylic acids is 1. The Morgan fingerprint density at radius 1 is 1.13 bits per heavy atom. The van der Waals surface area contributed by atoms with E-state index in [1.54, 1.807) is 0 Å². The lowest BCUT2D eigenvalue weighted by molar-refractivity contribution is -0.144. The van der Waals surface area contributed by atoms with Gasteiger partial charge in [-0.25, -0.2) is 0 Å². The molecule has 1 fully saturated rings. The van der Waals surface area contributed by atoms with Crippen molar-refractivity contribution in [3.8, 4) is 0 Å². The minimum Gasteiger partial charge on any atom is -0.480 e. The molecule has 30 heavy (non-hydrogen) atoms. The van der Waals surface area contributed by atoms with Crippen LogP contribution in [-0.2, 0) is 9.22 Å². The summed E-state index contributed by atoms with van der Waals surface area (Å²) in [5, 5.41) is 15.5. The Morgan fingerprint density at radius 2 is 1.67 bits per heavy atom. The van der Waals surface area contributed by atoms with Crippen LogP contribution in [0.25, 0.3) is 0 Å². The molecular weight excluding hydrogens is 414 g/mol. The number of carboxylic acids is 1. The second-order valence-electron chi connectivity index (χ2n) is 9.17. The van der Waals surface area contributed by atoms with Crippen molar-refractivity contribution >= 4 is 36.3 Å². The molecule has 1 saturated heterocycles. The first-order valence-corrected chi connectivity index (χ1v) is 13.0. The van der Waals surface area contributed by atoms with Crippen LogP contribution in [0.4, 0.5) is 0 Å². The van der Waals surface area contributed by atoms with E-state index in [1.807, 2.05) is 12.1 Å². The molecule has 0 amide bonds. The van der Waals surface area contributed by atoms with Gasteiger partial charge >= 0.3 is 5.97 Å². The van der Waals surface area contributed by atoms with Gasteiger partial charge in [0.05, 0.1) is 6.10 Å². The van der Waals surface area contributed by atoms with Gasteiger partial charge in [0.1, 0.15) is 5.54 Å². The number of hydrogen-bond donors (Lipinski definition) is 2. The zero-order valence-electron chi connectivity index (χ0n) is 18.0. The molecule has 0 radical (unpaired) electrons. The number of nitrogens with one attached hydrogen (secondary N) is 1. The minimum atomic E-state index is -2.70. The molecule has 1 heterocycles. The molecule has 0 aliphatic carbocycles. The lowest BCUT2D eigenvalue weighted by atomic mass is 9.91. The fourth-order valence-corrected chi connectivity index (χ4v) is 9.51. The average molecular weight is 446 g/mol. The van der Waals surface area contributed by atoms with E-state index in [4.69, 9.17) is 16.0 Å². The van der Waals surface area contributed by atoms with Crippen molar-refractivity contribution in [1.82, 2.24) is 5.32 Å². The van der Waals surface area contributed by atoms with E-state index < -0.39 is 19.8 Å². The van der Waals surface area contributed by atoms with Crippen molar-refractivity contribution < 1.29 is 14.3 Å². The Balaban J connectivity index is 2.03. The molecule has 2 N–H and O–H groups in total. The summed E-state index contributed by atoms with van der Waals surface area (Å²) < 4.78 is 7.10. The van der Waals surface area contributed by atoms with Crippen LogP contribution in [0.5, 0.6) is 0 Å². The highest BCUT2D eigenvalue weighted by atomic mass is 35.5. The lowest BCUT2D eigenvalue weighted by Gasteiger charge is -2.44. The van der Waals surface area contributed by atoms with Crippen molar-refractivity contribution in [2.75, 3.05) is 12.4 Å². The molecule has 2 aromatic carbocycles. The molecule has 0 bridgehead atoms. The quantitative estimate of drug-likeness (QED) is 0.479. The van der Waals surface area contributed by atoms with Crippen LogP contribution >= 0.6 is 11.6 Å². The van der Waals surface area contributed by atoms with E-state index in [0.717, 1.165) is 0 Å². The summed E-state index contributed by atoms with van der Waals surface area (Å²) in [4.78, 5) is 12.1. The topological polar surface area (TPSA) is 58.6 Å². The summed E-state index contributed by atoms with van der Waals surface area (Å²) in [7, 11) is -2.70. The lowest BCUT2D eigenvalue weighted by Crippen LogP contribution is -2.67. The first-order chi connectivity index (χ1) is 14.2. The van der Waals surface area contributed by atoms with Crippen LogP contribution in [0.15, 0.2) is 60.7 Å². The summed E-state index contributed by atoms with van der Waals surface area (Å²) in [5.74, 6) is -0.363. The summed E-state index contributed by atoms with van der Waals surface area (Å²) >= 11 is 5.86. The molecular formula is C24H32ClNO3Si. The number of carbonyl (C=O) groups is 1. The van der Waals surface area contributed by atoms with Crippen LogP contribution in [0.2, 0.25) is 5.04 Å². The fraction of sp³-hybridized carbons (Fsp3) is 0.458. The summed E-state index contributed by atoms with van der Waals surface area (Å²) in [6.07, 6.45) is 1.44. The number of halogens is 1. The third-order valence-corrected chi connectivity index (χ3v) is 11.5. The number of rotatable bonds is 8. The molecule has 2 atom stereocenters. The van der Waals surface area contributed by atoms with E-state index in [2.05, 4.69) is 74.6 Å². The van der Waals surface area contributed by atoms with Crippen molar-refractivity contribution in [3.63, 3.8) is 0 Å². The monoisotopic (exact) mass is 445 g/mol. The van der Waals surface area contributed by atoms with Crippen molar-refractivity contribution in [1.29, 1.82) is 0 Å². The van der Waals surface area contributed by atoms with Gasteiger partial charge in [-0.3, -0.25) is 10.1 Å². The Hall–Kier alpha value is -1.66. The molecule has 4 nitrogen and oxygen atoms in total. The maximum absolute atomic E-state index is 12.1. The third kappa shape index (κ3) is 4.35. The highest BCUT2D eigenvalue weighted by molar-refractivity contribution is 6.99. The zero-order chi connectivity index (χ0) is 21.8. The molecule has 0 spiro atoms. The Labute approximate surface area is 185 Å². The predicted octanol–water partition coefficient (Wildman–Crippen LogP) is 3.77. The number of benzene rings is 2. The summed E-state index contributed by atoms with van der Waals surface area (Å²) in [5.41, 5.74) is -0.967. The smallest absolute Gasteiger partial charge is 0.324 e. The second-order valence-corrected chi connectivity index (χ2v) is 13.8. The predicted molar refractivity (Wildman–Crippen MR) is 125 cm³/mol. The first-order valence-electron chi connectivity index (χ1n) is 10.6. The molecule has 6 heteroatoms. The SMILES string of the molecule is CC(C)(C)[Si](O[C@H]1CNC(CCCCl)(C(=O)O)C1)(c1ccccc1)c1ccccc1. The summed E-state index contributed by atoms with van der Waals surface area (Å²) in [6, 6.07) is 20.9. The van der Waals surface area contributed by atoms with Crippen LogP contribution in [-0.4, -0.2) is 43.5 Å². The number of hydrogen-bond acceptors (Lipinski definition) is 3. The van der Waals surface area contributed by atoms with E-state index in [9.17, 15) is 9.90 Å². The standard InChI is InChI=1S/C24H32ClNO3Si/c1-23(2,3)30(20-11-6-4-7-12-20,21-13-8-5-9-14-21)29-19-17-24(22(27)28,26-18-19)15-10-16-25/h4-9,11-14,19,26H,10,15-18H2,1-3H3,(H,27,28)/t19-,24?/m1/s1. The highest BCUT2D eigenvalue weighted by Gasteiger charge is 2.54. The average Bonchev–Trinajstić information content (AvgIpc) is 3.15. The van der Waals surface area contributed by atoms with Gasteiger partial charge in [0.2, 0.25) is 0 Å². The van der Waals surface area contributed by atoms with E-state index in [1.165, 1.54) is 10.4 Å². The van der Waals surface area contributed by atoms with Gasteiger partial charge in [-0.1, -0.05) is 81.4 Å². The van der Waals surface area contributed by atoms with Gasteiger partial charge in [-0.15, -0.1) is 11.6 Å². The van der Waals surface area contributed by atoms with E-state index in [-0.39, 0.29) is 11.1 Å². The third-order valence-electron chi connectivity index (χ3n) is 6.15. The maximum atomic E-state index is 12.1. The molecule has 2 aromatic rings. The molecule has 0 saturated carbocycles. The van der Waals surface area contributed by atoms with Crippen LogP contribution in [0.1, 0.15) is 40.0 Å². The van der Waals surface area contributed by atoms with Crippen molar-refractivity contribution in [2.45, 2.75) is 56.7 Å². The van der Waals surface area contributed by atoms with Crippen LogP contribution < -0.4 is 15.7 Å². The highest BCUT2D eigenvalue weighted by Crippen LogP contribution is 2.39. The van der Waals surface area contributed by atoms with Gasteiger partial charge in [0.25, 0.3) is 8.32 Å². The van der Waals surface area contributed by atoms with Gasteiger partial charge < -0.3 is 9.53 Å². The van der Waals surface area contributed by atoms with E-state index in [0.29, 0.717) is 31.7 Å². The van der Waals surface area contributed by atoms with Gasteiger partial charge in [-0.05, 0) is 28.3 Å². The van der Waals surface area contributed by atoms with Crippen molar-refractivity contribution in [3.05, 3.63) is 60.7 Å². The molecule has 1 aliphatic rings. The Kier molecular flexibility index (Phi) is 7.08. The maximum Gasteiger partial charge on any atom is 0.324 e. The molecule has 3 rings (SSSR count). The number of alkyl halides is 1. The largest absolute Gasteiger partial charge is 0.480 e. The Morgan fingerprint density at radius 3 is 2.10 bits per heavy atom. The van der Waals surface area contributed by atoms with Crippen LogP contribution in [0.3, 0.4) is 0 Å². The molecule has 1 unspecified atom stereocenters. The molecule has 1 aliphatic heterocycles. The first kappa shape index (κ1) is 23.0. The molecule has 0 aromatic heterocycles. The summed E-state index contributed by atoms with van der Waals surface area (Å²) in [6.45, 7) is 7.23. The van der Waals surface area contributed by atoms with E-state index >= 15 is 0 Å². The van der Waals surface area contributed by atoms with Gasteiger partial charge in [0.15, 0.2) is 0 Å². The second kappa shape index (κ2) is 9.23. The van der Waals surface area contributed by atoms with Gasteiger partial charge in [0, 0.05) is 18.8 Å². The van der Waals surface area contributed by atoms with Crippen LogP contribution in [0, 0.1) is 0 Å². The van der Waals surface area contributed by atoms with Gasteiger partial charge in [-0.2, -0.15) is 0 Å². The fourth-order valence-electron chi connectivity index (χ4n) is 4.70. The Bertz CT molecular complexity index is 801. The number of carboxylic acid groups (broad SMARTS) is 1. The van der Waals surface area contributed by atoms with Crippen molar-refractivity contribution in [2.24, 2.45) is 0 Å². The minimum absolute atomic E-state index is 0.139. The zero-order valence-corrected chi connectivity index (χ0v) is 19.8.